The fraction of sp³-hybridized carbons (Fsp3) is 0.462. The van der Waals surface area contributed by atoms with Gasteiger partial charge in [0.25, 0.3) is 5.91 Å². The lowest BCUT2D eigenvalue weighted by Gasteiger charge is -2.19. The Labute approximate surface area is 112 Å². The van der Waals surface area contributed by atoms with Crippen molar-refractivity contribution in [2.24, 2.45) is 0 Å². The van der Waals surface area contributed by atoms with Gasteiger partial charge >= 0.3 is 0 Å². The highest BCUT2D eigenvalue weighted by atomic mass is 16.7. The first-order valence-electron chi connectivity index (χ1n) is 6.05. The van der Waals surface area contributed by atoms with Gasteiger partial charge in [-0.3, -0.25) is 4.79 Å². The van der Waals surface area contributed by atoms with Crippen molar-refractivity contribution < 1.29 is 19.0 Å². The topological polar surface area (TPSA) is 68.8 Å². The Balaban J connectivity index is 1.91. The number of hydrogen-bond donors (Lipinski definition) is 2. The molecule has 0 bridgehead atoms. The zero-order valence-electron chi connectivity index (χ0n) is 11.1. The van der Waals surface area contributed by atoms with E-state index in [1.54, 1.807) is 14.2 Å². The molecule has 104 valence electrons. The summed E-state index contributed by atoms with van der Waals surface area (Å²) in [6.07, 6.45) is -0.263. The molecule has 0 saturated heterocycles. The van der Waals surface area contributed by atoms with E-state index in [0.29, 0.717) is 24.5 Å². The van der Waals surface area contributed by atoms with Crippen LogP contribution in [0.25, 0.3) is 0 Å². The number of hydrogen-bond acceptors (Lipinski definition) is 5. The number of rotatable bonds is 6. The van der Waals surface area contributed by atoms with Crippen molar-refractivity contribution in [3.8, 4) is 5.75 Å². The van der Waals surface area contributed by atoms with Crippen molar-refractivity contribution >= 4 is 11.6 Å². The van der Waals surface area contributed by atoms with Gasteiger partial charge in [0.2, 0.25) is 0 Å². The maximum absolute atomic E-state index is 11.2. The molecule has 1 aliphatic heterocycles. The summed E-state index contributed by atoms with van der Waals surface area (Å²) in [6.45, 7) is 1.33. The molecule has 1 aromatic rings. The van der Waals surface area contributed by atoms with Crippen molar-refractivity contribution in [1.29, 1.82) is 0 Å². The van der Waals surface area contributed by atoms with Crippen LogP contribution in [0.15, 0.2) is 18.2 Å². The summed E-state index contributed by atoms with van der Waals surface area (Å²) in [6, 6.07) is 5.71. The SMILES string of the molecule is COC(CNCc1ccc2c(c1)NC(=O)CO2)OC. The van der Waals surface area contributed by atoms with E-state index in [1.165, 1.54) is 0 Å². The molecule has 1 aromatic carbocycles. The summed E-state index contributed by atoms with van der Waals surface area (Å²) in [5.74, 6) is 0.575. The number of benzene rings is 1. The van der Waals surface area contributed by atoms with Crippen LogP contribution in [0, 0.1) is 0 Å². The van der Waals surface area contributed by atoms with Crippen LogP contribution in [0.1, 0.15) is 5.56 Å². The maximum atomic E-state index is 11.2. The molecule has 0 saturated carbocycles. The first-order chi connectivity index (χ1) is 9.22. The monoisotopic (exact) mass is 266 g/mol. The second kappa shape index (κ2) is 6.51. The van der Waals surface area contributed by atoms with Gasteiger partial charge in [0.15, 0.2) is 12.9 Å². The van der Waals surface area contributed by atoms with E-state index in [-0.39, 0.29) is 18.8 Å². The van der Waals surface area contributed by atoms with Gasteiger partial charge in [0.05, 0.1) is 5.69 Å². The predicted octanol–water partition coefficient (Wildman–Crippen LogP) is 0.726. The molecule has 1 aliphatic rings. The largest absolute Gasteiger partial charge is 0.482 e. The number of methoxy groups -OCH3 is 2. The molecule has 0 unspecified atom stereocenters. The molecule has 6 nitrogen and oxygen atoms in total. The van der Waals surface area contributed by atoms with Gasteiger partial charge < -0.3 is 24.8 Å². The molecular weight excluding hydrogens is 248 g/mol. The Morgan fingerprint density at radius 2 is 2.21 bits per heavy atom. The lowest BCUT2D eigenvalue weighted by molar-refractivity contribution is -0.118. The first-order valence-corrected chi connectivity index (χ1v) is 6.05. The molecule has 0 radical (unpaired) electrons. The Hall–Kier alpha value is -1.63. The van der Waals surface area contributed by atoms with Crippen LogP contribution in [-0.2, 0) is 20.8 Å². The van der Waals surface area contributed by atoms with E-state index in [1.807, 2.05) is 18.2 Å². The number of anilines is 1. The van der Waals surface area contributed by atoms with Crippen LogP contribution in [0.3, 0.4) is 0 Å². The summed E-state index contributed by atoms with van der Waals surface area (Å²) in [5, 5.41) is 6.00. The van der Waals surface area contributed by atoms with Crippen molar-refractivity contribution in [3.05, 3.63) is 23.8 Å². The van der Waals surface area contributed by atoms with Crippen molar-refractivity contribution in [2.75, 3.05) is 32.7 Å². The van der Waals surface area contributed by atoms with Crippen LogP contribution < -0.4 is 15.4 Å². The quantitative estimate of drug-likeness (QED) is 0.743. The summed E-state index contributed by atoms with van der Waals surface area (Å²) in [4.78, 5) is 11.2. The highest BCUT2D eigenvalue weighted by molar-refractivity contribution is 5.95. The number of ether oxygens (including phenoxy) is 3. The summed E-state index contributed by atoms with van der Waals surface area (Å²) < 4.78 is 15.5. The Morgan fingerprint density at radius 3 is 2.95 bits per heavy atom. The number of carbonyl (C=O) groups is 1. The van der Waals surface area contributed by atoms with Crippen LogP contribution in [0.2, 0.25) is 0 Å². The number of nitrogens with one attached hydrogen (secondary N) is 2. The number of carbonyl (C=O) groups excluding carboxylic acids is 1. The lowest BCUT2D eigenvalue weighted by Crippen LogP contribution is -2.29. The molecule has 0 fully saturated rings. The minimum atomic E-state index is -0.263. The summed E-state index contributed by atoms with van der Waals surface area (Å²) >= 11 is 0. The second-order valence-electron chi connectivity index (χ2n) is 4.20. The van der Waals surface area contributed by atoms with Crippen LogP contribution in [0.4, 0.5) is 5.69 Å². The van der Waals surface area contributed by atoms with E-state index in [0.717, 1.165) is 5.56 Å². The van der Waals surface area contributed by atoms with Crippen molar-refractivity contribution in [2.45, 2.75) is 12.8 Å². The molecule has 0 spiro atoms. The summed E-state index contributed by atoms with van der Waals surface area (Å²) in [7, 11) is 3.20. The molecular formula is C13H18N2O4. The van der Waals surface area contributed by atoms with E-state index >= 15 is 0 Å². The lowest BCUT2D eigenvalue weighted by atomic mass is 10.1. The maximum Gasteiger partial charge on any atom is 0.262 e. The normalized spacial score (nSPS) is 13.9. The first kappa shape index (κ1) is 13.8. The Bertz CT molecular complexity index is 446. The van der Waals surface area contributed by atoms with E-state index in [2.05, 4.69) is 10.6 Å². The Kier molecular flexibility index (Phi) is 4.73. The standard InChI is InChI=1S/C13H18N2O4/c1-17-13(18-2)7-14-6-9-3-4-11-10(5-9)15-12(16)8-19-11/h3-5,13-14H,6-8H2,1-2H3,(H,15,16). The zero-order valence-corrected chi connectivity index (χ0v) is 11.1. The number of fused-ring (bicyclic) bond motifs is 1. The van der Waals surface area contributed by atoms with Gasteiger partial charge in [-0.05, 0) is 17.7 Å². The van der Waals surface area contributed by atoms with Crippen molar-refractivity contribution in [1.82, 2.24) is 5.32 Å². The average molecular weight is 266 g/mol. The third-order valence-electron chi connectivity index (χ3n) is 2.84. The molecule has 0 aromatic heterocycles. The van der Waals surface area contributed by atoms with E-state index in [4.69, 9.17) is 14.2 Å². The molecule has 1 heterocycles. The van der Waals surface area contributed by atoms with E-state index < -0.39 is 0 Å². The smallest absolute Gasteiger partial charge is 0.262 e. The highest BCUT2D eigenvalue weighted by Crippen LogP contribution is 2.28. The van der Waals surface area contributed by atoms with Crippen LogP contribution in [-0.4, -0.2) is 39.6 Å². The van der Waals surface area contributed by atoms with Gasteiger partial charge in [-0.25, -0.2) is 0 Å². The third-order valence-corrected chi connectivity index (χ3v) is 2.84. The second-order valence-corrected chi connectivity index (χ2v) is 4.20. The van der Waals surface area contributed by atoms with Gasteiger partial charge in [-0.2, -0.15) is 0 Å². The van der Waals surface area contributed by atoms with Crippen LogP contribution >= 0.6 is 0 Å². The fourth-order valence-corrected chi connectivity index (χ4v) is 1.84. The van der Waals surface area contributed by atoms with Gasteiger partial charge in [0, 0.05) is 27.3 Å². The summed E-state index contributed by atoms with van der Waals surface area (Å²) in [5.41, 5.74) is 1.76. The molecule has 2 N–H and O–H groups in total. The Morgan fingerprint density at radius 1 is 1.42 bits per heavy atom. The molecule has 0 aliphatic carbocycles. The molecule has 2 rings (SSSR count). The molecule has 19 heavy (non-hydrogen) atoms. The zero-order chi connectivity index (χ0) is 13.7. The van der Waals surface area contributed by atoms with Gasteiger partial charge in [-0.1, -0.05) is 6.07 Å². The highest BCUT2D eigenvalue weighted by Gasteiger charge is 2.15. The predicted molar refractivity (Wildman–Crippen MR) is 70.1 cm³/mol. The van der Waals surface area contributed by atoms with Crippen LogP contribution in [0.5, 0.6) is 5.75 Å². The van der Waals surface area contributed by atoms with Crippen molar-refractivity contribution in [3.63, 3.8) is 0 Å². The van der Waals surface area contributed by atoms with Gasteiger partial charge in [-0.15, -0.1) is 0 Å². The molecule has 0 atom stereocenters. The fourth-order valence-electron chi connectivity index (χ4n) is 1.84. The van der Waals surface area contributed by atoms with Gasteiger partial charge in [0.1, 0.15) is 5.75 Å². The van der Waals surface area contributed by atoms with E-state index in [9.17, 15) is 4.79 Å². The minimum absolute atomic E-state index is 0.0773. The number of amides is 1. The molecule has 6 heteroatoms. The molecule has 1 amide bonds. The average Bonchev–Trinajstić information content (AvgIpc) is 2.43. The minimum Gasteiger partial charge on any atom is -0.482 e. The third kappa shape index (κ3) is 3.66.